The van der Waals surface area contributed by atoms with Crippen molar-refractivity contribution in [2.75, 3.05) is 5.32 Å². The Labute approximate surface area is 200 Å². The summed E-state index contributed by atoms with van der Waals surface area (Å²) < 4.78 is 0. The molecule has 2 aromatic heterocycles. The largest absolute Gasteiger partial charge is 0.345 e. The molecule has 2 heterocycles. The van der Waals surface area contributed by atoms with Crippen LogP contribution in [0, 0.1) is 11.3 Å². The smallest absolute Gasteiger partial charge is 0.261 e. The molecule has 0 saturated carbocycles. The number of aromatic nitrogens is 1. The number of benzene rings is 1. The Morgan fingerprint density at radius 1 is 1.21 bits per heavy atom. The quantitative estimate of drug-likeness (QED) is 0.467. The van der Waals surface area contributed by atoms with Crippen molar-refractivity contribution < 1.29 is 9.59 Å². The van der Waals surface area contributed by atoms with Crippen molar-refractivity contribution in [3.05, 3.63) is 58.1 Å². The molecule has 2 atom stereocenters. The van der Waals surface area contributed by atoms with Gasteiger partial charge in [-0.25, -0.2) is 4.98 Å². The van der Waals surface area contributed by atoms with Gasteiger partial charge in [0, 0.05) is 23.7 Å². The van der Waals surface area contributed by atoms with Crippen LogP contribution in [0.5, 0.6) is 0 Å². The van der Waals surface area contributed by atoms with Crippen LogP contribution < -0.4 is 10.6 Å². The molecular weight excluding hydrogens is 430 g/mol. The van der Waals surface area contributed by atoms with Crippen LogP contribution in [0.2, 0.25) is 0 Å². The lowest BCUT2D eigenvalue weighted by molar-refractivity contribution is -0.114. The molecule has 1 aromatic carbocycles. The SMILES string of the molecule is CC[C@@H](NC(=O)c1cc2cc3c(nc2s1)CCC(C(C)(C)C)C3)c1cccc(NC(C)=O)c1. The van der Waals surface area contributed by atoms with Crippen LogP contribution in [0.15, 0.2) is 36.4 Å². The number of rotatable bonds is 5. The molecule has 0 bridgehead atoms. The molecule has 0 radical (unpaired) electrons. The van der Waals surface area contributed by atoms with Crippen molar-refractivity contribution in [1.82, 2.24) is 10.3 Å². The molecule has 33 heavy (non-hydrogen) atoms. The van der Waals surface area contributed by atoms with Crippen molar-refractivity contribution in [2.24, 2.45) is 11.3 Å². The fourth-order valence-electron chi connectivity index (χ4n) is 4.66. The lowest BCUT2D eigenvalue weighted by Crippen LogP contribution is -2.27. The molecule has 1 aliphatic carbocycles. The molecule has 0 saturated heterocycles. The first kappa shape index (κ1) is 23.4. The van der Waals surface area contributed by atoms with Gasteiger partial charge in [-0.15, -0.1) is 11.3 Å². The minimum atomic E-state index is -0.134. The zero-order valence-electron chi connectivity index (χ0n) is 20.1. The number of amides is 2. The summed E-state index contributed by atoms with van der Waals surface area (Å²) in [6, 6.07) is 11.7. The van der Waals surface area contributed by atoms with E-state index >= 15 is 0 Å². The molecular formula is C27H33N3O2S. The van der Waals surface area contributed by atoms with E-state index in [-0.39, 0.29) is 17.9 Å². The highest BCUT2D eigenvalue weighted by Crippen LogP contribution is 2.38. The maximum atomic E-state index is 13.1. The van der Waals surface area contributed by atoms with E-state index < -0.39 is 0 Å². The molecule has 5 nitrogen and oxygen atoms in total. The van der Waals surface area contributed by atoms with Crippen LogP contribution in [0.25, 0.3) is 10.2 Å². The fraction of sp³-hybridized carbons (Fsp3) is 0.444. The number of aryl methyl sites for hydroxylation is 1. The summed E-state index contributed by atoms with van der Waals surface area (Å²) in [7, 11) is 0. The van der Waals surface area contributed by atoms with Gasteiger partial charge < -0.3 is 10.6 Å². The Morgan fingerprint density at radius 2 is 2.00 bits per heavy atom. The summed E-state index contributed by atoms with van der Waals surface area (Å²) in [6.45, 7) is 10.5. The van der Waals surface area contributed by atoms with Crippen LogP contribution in [-0.4, -0.2) is 16.8 Å². The normalized spacial score (nSPS) is 16.8. The van der Waals surface area contributed by atoms with Gasteiger partial charge in [-0.3, -0.25) is 9.59 Å². The van der Waals surface area contributed by atoms with Gasteiger partial charge in [0.1, 0.15) is 4.83 Å². The molecule has 2 amide bonds. The maximum Gasteiger partial charge on any atom is 0.261 e. The second-order valence-corrected chi connectivity index (χ2v) is 11.2. The number of nitrogens with zero attached hydrogens (tertiary/aromatic N) is 1. The number of carbonyl (C=O) groups excluding carboxylic acids is 2. The fourth-order valence-corrected chi connectivity index (χ4v) is 5.60. The Hall–Kier alpha value is -2.73. The Kier molecular flexibility index (Phi) is 6.57. The standard InChI is InChI=1S/C27H33N3O2S/c1-6-22(17-8-7-9-21(14-17)28-16(2)31)29-25(32)24-15-19-12-18-13-20(27(3,4)5)10-11-23(18)30-26(19)33-24/h7-9,12,14-15,20,22H,6,10-11,13H2,1-5H3,(H,28,31)(H,29,32)/t20?,22-/m1/s1. The Bertz CT molecular complexity index is 1190. The number of hydrogen-bond donors (Lipinski definition) is 2. The summed E-state index contributed by atoms with van der Waals surface area (Å²) >= 11 is 1.46. The molecule has 1 unspecified atom stereocenters. The molecule has 1 aliphatic rings. The minimum Gasteiger partial charge on any atom is -0.345 e. The van der Waals surface area contributed by atoms with E-state index in [9.17, 15) is 9.59 Å². The van der Waals surface area contributed by atoms with E-state index in [2.05, 4.69) is 37.5 Å². The summed E-state index contributed by atoms with van der Waals surface area (Å²) in [6.07, 6.45) is 3.99. The van der Waals surface area contributed by atoms with Crippen molar-refractivity contribution in [3.8, 4) is 0 Å². The van der Waals surface area contributed by atoms with E-state index in [1.54, 1.807) is 0 Å². The first-order valence-corrected chi connectivity index (χ1v) is 12.6. The van der Waals surface area contributed by atoms with Crippen LogP contribution in [0.4, 0.5) is 5.69 Å². The van der Waals surface area contributed by atoms with E-state index in [4.69, 9.17) is 4.98 Å². The van der Waals surface area contributed by atoms with Gasteiger partial charge in [-0.05, 0) is 72.4 Å². The number of carbonyl (C=O) groups is 2. The number of pyridine rings is 1. The lowest BCUT2D eigenvalue weighted by Gasteiger charge is -2.34. The zero-order chi connectivity index (χ0) is 23.8. The van der Waals surface area contributed by atoms with Crippen molar-refractivity contribution in [1.29, 1.82) is 0 Å². The summed E-state index contributed by atoms with van der Waals surface area (Å²) in [4.78, 5) is 31.1. The zero-order valence-corrected chi connectivity index (χ0v) is 20.9. The molecule has 2 N–H and O–H groups in total. The molecule has 0 spiro atoms. The van der Waals surface area contributed by atoms with Crippen molar-refractivity contribution in [2.45, 2.75) is 66.3 Å². The Balaban J connectivity index is 1.54. The maximum absolute atomic E-state index is 13.1. The van der Waals surface area contributed by atoms with Gasteiger partial charge in [0.05, 0.1) is 10.9 Å². The Morgan fingerprint density at radius 3 is 2.70 bits per heavy atom. The highest BCUT2D eigenvalue weighted by atomic mass is 32.1. The van der Waals surface area contributed by atoms with Gasteiger partial charge >= 0.3 is 0 Å². The molecule has 4 rings (SSSR count). The molecule has 6 heteroatoms. The molecule has 0 fully saturated rings. The third-order valence-electron chi connectivity index (χ3n) is 6.64. The van der Waals surface area contributed by atoms with Gasteiger partial charge in [-0.1, -0.05) is 39.8 Å². The monoisotopic (exact) mass is 463 g/mol. The minimum absolute atomic E-state index is 0.0830. The van der Waals surface area contributed by atoms with Gasteiger partial charge in [0.15, 0.2) is 0 Å². The number of hydrogen-bond acceptors (Lipinski definition) is 4. The number of anilines is 1. The van der Waals surface area contributed by atoms with Crippen LogP contribution in [0.3, 0.4) is 0 Å². The van der Waals surface area contributed by atoms with Crippen molar-refractivity contribution in [3.63, 3.8) is 0 Å². The summed E-state index contributed by atoms with van der Waals surface area (Å²) in [5, 5.41) is 7.03. The predicted molar refractivity (Wildman–Crippen MR) is 136 cm³/mol. The average molecular weight is 464 g/mol. The molecule has 0 aliphatic heterocycles. The predicted octanol–water partition coefficient (Wildman–Crippen LogP) is 6.29. The van der Waals surface area contributed by atoms with Gasteiger partial charge in [0.25, 0.3) is 5.91 Å². The van der Waals surface area contributed by atoms with Crippen molar-refractivity contribution >= 4 is 39.1 Å². The summed E-state index contributed by atoms with van der Waals surface area (Å²) in [5.41, 5.74) is 4.52. The number of nitrogens with one attached hydrogen (secondary N) is 2. The first-order chi connectivity index (χ1) is 15.6. The average Bonchev–Trinajstić information content (AvgIpc) is 3.17. The van der Waals surface area contributed by atoms with Gasteiger partial charge in [-0.2, -0.15) is 0 Å². The second kappa shape index (κ2) is 9.26. The van der Waals surface area contributed by atoms with Crippen LogP contribution >= 0.6 is 11.3 Å². The van der Waals surface area contributed by atoms with E-state index in [1.165, 1.54) is 35.9 Å². The van der Waals surface area contributed by atoms with Crippen LogP contribution in [0.1, 0.15) is 80.0 Å². The topological polar surface area (TPSA) is 71.1 Å². The summed E-state index contributed by atoms with van der Waals surface area (Å²) in [5.74, 6) is 0.461. The first-order valence-electron chi connectivity index (χ1n) is 11.7. The van der Waals surface area contributed by atoms with E-state index in [1.807, 2.05) is 37.3 Å². The van der Waals surface area contributed by atoms with Gasteiger partial charge in [0.2, 0.25) is 5.91 Å². The van der Waals surface area contributed by atoms with E-state index in [0.717, 1.165) is 40.7 Å². The highest BCUT2D eigenvalue weighted by molar-refractivity contribution is 7.20. The lowest BCUT2D eigenvalue weighted by atomic mass is 9.71. The number of fused-ring (bicyclic) bond motifs is 2. The van der Waals surface area contributed by atoms with E-state index in [0.29, 0.717) is 16.2 Å². The molecule has 174 valence electrons. The van der Waals surface area contributed by atoms with Crippen LogP contribution in [-0.2, 0) is 17.6 Å². The molecule has 3 aromatic rings. The third-order valence-corrected chi connectivity index (χ3v) is 7.69. The highest BCUT2D eigenvalue weighted by Gasteiger charge is 2.29. The third kappa shape index (κ3) is 5.27. The second-order valence-electron chi connectivity index (χ2n) is 10.1. The number of thiophene rings is 1.